The largest absolute Gasteiger partial charge is 0.269 e. The minimum absolute atomic E-state index is 0.00155. The molecule has 2 amide bonds. The highest BCUT2D eigenvalue weighted by atomic mass is 79.9. The number of rotatable bonds is 1. The van der Waals surface area contributed by atoms with Crippen LogP contribution in [-0.2, 0) is 9.59 Å². The van der Waals surface area contributed by atoms with Crippen LogP contribution in [0, 0.1) is 5.82 Å². The Morgan fingerprint density at radius 2 is 2.00 bits per heavy atom. The molecule has 0 N–H and O–H groups in total. The summed E-state index contributed by atoms with van der Waals surface area (Å²) in [5, 5.41) is 0.00155. The number of hydrogen-bond donors (Lipinski definition) is 0. The number of nitrogens with zero attached hydrogens (tertiary/aromatic N) is 1. The lowest BCUT2D eigenvalue weighted by molar-refractivity contribution is -0.120. The number of imide groups is 1. The number of anilines is 1. The van der Waals surface area contributed by atoms with Gasteiger partial charge in [-0.15, -0.1) is 0 Å². The molecular formula is C11H6BrClFNO2. The van der Waals surface area contributed by atoms with Crippen molar-refractivity contribution in [1.82, 2.24) is 0 Å². The highest BCUT2D eigenvalue weighted by molar-refractivity contribution is 9.10. The van der Waals surface area contributed by atoms with Gasteiger partial charge in [0, 0.05) is 16.1 Å². The average Bonchev–Trinajstić information content (AvgIpc) is 2.43. The van der Waals surface area contributed by atoms with Crippen LogP contribution in [0.2, 0.25) is 5.02 Å². The highest BCUT2D eigenvalue weighted by Gasteiger charge is 2.32. The van der Waals surface area contributed by atoms with Gasteiger partial charge in [-0.25, -0.2) is 9.29 Å². The van der Waals surface area contributed by atoms with Crippen molar-refractivity contribution < 1.29 is 14.0 Å². The third kappa shape index (κ3) is 2.00. The number of halogens is 3. The lowest BCUT2D eigenvalue weighted by Gasteiger charge is -2.17. The van der Waals surface area contributed by atoms with Crippen LogP contribution >= 0.6 is 27.5 Å². The second-order valence-electron chi connectivity index (χ2n) is 3.52. The summed E-state index contributed by atoms with van der Waals surface area (Å²) in [7, 11) is 0. The molecule has 0 saturated carbocycles. The highest BCUT2D eigenvalue weighted by Crippen LogP contribution is 2.37. The fourth-order valence-electron chi connectivity index (χ4n) is 1.55. The Hall–Kier alpha value is -1.20. The Morgan fingerprint density at radius 3 is 2.47 bits per heavy atom. The number of carbonyl (C=O) groups is 2. The van der Waals surface area contributed by atoms with E-state index in [1.807, 2.05) is 0 Å². The summed E-state index contributed by atoms with van der Waals surface area (Å²) in [6, 6.07) is 2.20. The van der Waals surface area contributed by atoms with Gasteiger partial charge in [0.05, 0.1) is 10.7 Å². The van der Waals surface area contributed by atoms with Crippen LogP contribution in [0.25, 0.3) is 0 Å². The second-order valence-corrected chi connectivity index (χ2v) is 4.79. The van der Waals surface area contributed by atoms with E-state index in [2.05, 4.69) is 15.9 Å². The molecule has 88 valence electrons. The number of hydrogen-bond acceptors (Lipinski definition) is 2. The van der Waals surface area contributed by atoms with Crippen LogP contribution in [0.3, 0.4) is 0 Å². The summed E-state index contributed by atoms with van der Waals surface area (Å²) in [4.78, 5) is 24.3. The van der Waals surface area contributed by atoms with Gasteiger partial charge in [-0.3, -0.25) is 9.59 Å². The van der Waals surface area contributed by atoms with Crippen LogP contribution in [0.15, 0.2) is 28.3 Å². The lowest BCUT2D eigenvalue weighted by atomic mass is 10.2. The summed E-state index contributed by atoms with van der Waals surface area (Å²) in [6.07, 6.45) is 1.22. The molecule has 0 radical (unpaired) electrons. The molecule has 0 atom stereocenters. The monoisotopic (exact) mass is 317 g/mol. The molecule has 0 aromatic heterocycles. The molecular weight excluding hydrogens is 312 g/mol. The smallest absolute Gasteiger partial charge is 0.261 e. The van der Waals surface area contributed by atoms with Gasteiger partial charge < -0.3 is 0 Å². The van der Waals surface area contributed by atoms with E-state index in [-0.39, 0.29) is 15.2 Å². The molecule has 1 heterocycles. The Morgan fingerprint density at radius 1 is 1.35 bits per heavy atom. The summed E-state index contributed by atoms with van der Waals surface area (Å²) >= 11 is 8.94. The van der Waals surface area contributed by atoms with Gasteiger partial charge in [0.15, 0.2) is 0 Å². The maximum Gasteiger partial charge on any atom is 0.261 e. The molecule has 3 nitrogen and oxygen atoms in total. The van der Waals surface area contributed by atoms with Gasteiger partial charge >= 0.3 is 0 Å². The molecule has 6 heteroatoms. The molecule has 0 spiro atoms. The first-order valence-corrected chi connectivity index (χ1v) is 5.80. The zero-order valence-corrected chi connectivity index (χ0v) is 11.0. The van der Waals surface area contributed by atoms with Crippen LogP contribution in [0.5, 0.6) is 0 Å². The molecule has 1 aliphatic rings. The summed E-state index contributed by atoms with van der Waals surface area (Å²) in [6.45, 7) is 1.53. The van der Waals surface area contributed by atoms with Crippen molar-refractivity contribution in [3.63, 3.8) is 0 Å². The third-order valence-electron chi connectivity index (χ3n) is 2.31. The molecule has 0 fully saturated rings. The predicted octanol–water partition coefficient (Wildman–Crippen LogP) is 3.06. The van der Waals surface area contributed by atoms with Gasteiger partial charge in [0.2, 0.25) is 0 Å². The topological polar surface area (TPSA) is 37.4 Å². The molecule has 1 aromatic carbocycles. The standard InChI is InChI=1S/C11H6BrClFNO2/c1-5-2-9(16)15(11(5)17)10-7(12)3-6(14)4-8(10)13/h2-4H,1H3. The van der Waals surface area contributed by atoms with Gasteiger partial charge in [-0.2, -0.15) is 0 Å². The zero-order chi connectivity index (χ0) is 12.7. The summed E-state index contributed by atoms with van der Waals surface area (Å²) < 4.78 is 13.3. The van der Waals surface area contributed by atoms with E-state index in [9.17, 15) is 14.0 Å². The van der Waals surface area contributed by atoms with E-state index in [0.29, 0.717) is 5.57 Å². The van der Waals surface area contributed by atoms with Crippen LogP contribution in [0.4, 0.5) is 10.1 Å². The van der Waals surface area contributed by atoms with Crippen LogP contribution < -0.4 is 4.90 Å². The van der Waals surface area contributed by atoms with Crippen molar-refractivity contribution in [3.05, 3.63) is 39.1 Å². The number of benzene rings is 1. The first-order chi connectivity index (χ1) is 7.91. The molecule has 0 bridgehead atoms. The molecule has 0 saturated heterocycles. The second kappa shape index (κ2) is 4.23. The molecule has 0 aliphatic carbocycles. The minimum Gasteiger partial charge on any atom is -0.269 e. The Bertz CT molecular complexity index is 548. The minimum atomic E-state index is -0.547. The van der Waals surface area contributed by atoms with E-state index in [1.54, 1.807) is 0 Å². The SMILES string of the molecule is CC1=CC(=O)N(c2c(Cl)cc(F)cc2Br)C1=O. The van der Waals surface area contributed by atoms with Crippen LogP contribution in [0.1, 0.15) is 6.92 Å². The van der Waals surface area contributed by atoms with Crippen molar-refractivity contribution in [2.45, 2.75) is 6.92 Å². The summed E-state index contributed by atoms with van der Waals surface area (Å²) in [5.41, 5.74) is 0.485. The first-order valence-electron chi connectivity index (χ1n) is 4.63. The van der Waals surface area contributed by atoms with Gasteiger partial charge in [-0.1, -0.05) is 11.6 Å². The van der Waals surface area contributed by atoms with Crippen molar-refractivity contribution >= 4 is 45.0 Å². The van der Waals surface area contributed by atoms with Crippen molar-refractivity contribution in [2.24, 2.45) is 0 Å². The quantitative estimate of drug-likeness (QED) is 0.746. The molecule has 2 rings (SSSR count). The number of amides is 2. The molecule has 0 unspecified atom stereocenters. The zero-order valence-electron chi connectivity index (χ0n) is 8.63. The van der Waals surface area contributed by atoms with Crippen molar-refractivity contribution in [1.29, 1.82) is 0 Å². The first kappa shape index (κ1) is 12.3. The maximum absolute atomic E-state index is 13.1. The van der Waals surface area contributed by atoms with E-state index in [4.69, 9.17) is 11.6 Å². The van der Waals surface area contributed by atoms with Gasteiger partial charge in [0.25, 0.3) is 11.8 Å². The van der Waals surface area contributed by atoms with E-state index < -0.39 is 17.6 Å². The molecule has 1 aliphatic heterocycles. The van der Waals surface area contributed by atoms with Crippen molar-refractivity contribution in [3.8, 4) is 0 Å². The molecule has 1 aromatic rings. The van der Waals surface area contributed by atoms with Crippen LogP contribution in [-0.4, -0.2) is 11.8 Å². The lowest BCUT2D eigenvalue weighted by Crippen LogP contribution is -2.31. The molecule has 17 heavy (non-hydrogen) atoms. The van der Waals surface area contributed by atoms with Crippen molar-refractivity contribution in [2.75, 3.05) is 4.90 Å². The Labute approximate surface area is 110 Å². The fraction of sp³-hybridized carbons (Fsp3) is 0.0909. The Kier molecular flexibility index (Phi) is 3.05. The number of carbonyl (C=O) groups excluding carboxylic acids is 2. The predicted molar refractivity (Wildman–Crippen MR) is 65.4 cm³/mol. The van der Waals surface area contributed by atoms with E-state index in [1.165, 1.54) is 13.0 Å². The van der Waals surface area contributed by atoms with E-state index >= 15 is 0 Å². The normalized spacial score (nSPS) is 15.5. The summed E-state index contributed by atoms with van der Waals surface area (Å²) in [5.74, 6) is -1.49. The van der Waals surface area contributed by atoms with Gasteiger partial charge in [0.1, 0.15) is 5.82 Å². The average molecular weight is 319 g/mol. The fourth-order valence-corrected chi connectivity index (χ4v) is 2.56. The van der Waals surface area contributed by atoms with E-state index in [0.717, 1.165) is 17.0 Å². The third-order valence-corrected chi connectivity index (χ3v) is 3.20. The Balaban J connectivity index is 2.57. The maximum atomic E-state index is 13.1. The van der Waals surface area contributed by atoms with Gasteiger partial charge in [-0.05, 0) is 35.0 Å².